The maximum Gasteiger partial charge on any atom is 0.224 e. The van der Waals surface area contributed by atoms with E-state index >= 15 is 0 Å². The standard InChI is InChI=1S/C20H18BrN5O/c1-12-17(10-19(27)23-11-15-5-3-4-8-22-15)13(2)26-20(24-12)16-7-6-14(21)9-18(16)25-26/h3-9H,10-11H2,1-2H3,(H,23,27). The van der Waals surface area contributed by atoms with Gasteiger partial charge in [0.2, 0.25) is 5.91 Å². The molecule has 4 rings (SSSR count). The Hall–Kier alpha value is -2.80. The number of rotatable bonds is 4. The first-order valence-corrected chi connectivity index (χ1v) is 9.43. The number of halogens is 1. The molecule has 0 aliphatic rings. The summed E-state index contributed by atoms with van der Waals surface area (Å²) in [6, 6.07) is 11.6. The van der Waals surface area contributed by atoms with E-state index < -0.39 is 0 Å². The van der Waals surface area contributed by atoms with Crippen molar-refractivity contribution in [2.75, 3.05) is 0 Å². The van der Waals surface area contributed by atoms with Crippen molar-refractivity contribution < 1.29 is 4.79 Å². The average molecular weight is 424 g/mol. The van der Waals surface area contributed by atoms with Crippen molar-refractivity contribution in [3.63, 3.8) is 0 Å². The summed E-state index contributed by atoms with van der Waals surface area (Å²) in [5.74, 6) is -0.0625. The predicted octanol–water partition coefficient (Wildman–Crippen LogP) is 3.52. The van der Waals surface area contributed by atoms with E-state index in [1.165, 1.54) is 0 Å². The lowest BCUT2D eigenvalue weighted by atomic mass is 10.1. The van der Waals surface area contributed by atoms with Gasteiger partial charge in [-0.05, 0) is 44.2 Å². The molecule has 6 nitrogen and oxygen atoms in total. The van der Waals surface area contributed by atoms with Crippen LogP contribution in [0.1, 0.15) is 22.6 Å². The molecule has 1 N–H and O–H groups in total. The molecule has 27 heavy (non-hydrogen) atoms. The van der Waals surface area contributed by atoms with Gasteiger partial charge in [-0.15, -0.1) is 0 Å². The SMILES string of the molecule is Cc1nc2c3ccc(Br)cc3nn2c(C)c1CC(=O)NCc1ccccn1. The lowest BCUT2D eigenvalue weighted by Gasteiger charge is -2.11. The highest BCUT2D eigenvalue weighted by Gasteiger charge is 2.16. The van der Waals surface area contributed by atoms with Crippen molar-refractivity contribution in [2.45, 2.75) is 26.8 Å². The van der Waals surface area contributed by atoms with Gasteiger partial charge in [0.25, 0.3) is 0 Å². The van der Waals surface area contributed by atoms with Gasteiger partial charge >= 0.3 is 0 Å². The highest BCUT2D eigenvalue weighted by Crippen LogP contribution is 2.25. The fourth-order valence-electron chi connectivity index (χ4n) is 3.17. The van der Waals surface area contributed by atoms with Crippen molar-refractivity contribution in [3.05, 3.63) is 69.7 Å². The fraction of sp³-hybridized carbons (Fsp3) is 0.200. The fourth-order valence-corrected chi connectivity index (χ4v) is 3.52. The minimum absolute atomic E-state index is 0.0625. The summed E-state index contributed by atoms with van der Waals surface area (Å²) < 4.78 is 2.80. The molecule has 0 saturated carbocycles. The normalized spacial score (nSPS) is 11.2. The molecule has 0 fully saturated rings. The highest BCUT2D eigenvalue weighted by atomic mass is 79.9. The van der Waals surface area contributed by atoms with Gasteiger partial charge in [0.05, 0.1) is 24.2 Å². The van der Waals surface area contributed by atoms with Crippen LogP contribution < -0.4 is 5.32 Å². The monoisotopic (exact) mass is 423 g/mol. The van der Waals surface area contributed by atoms with E-state index in [1.54, 1.807) is 6.20 Å². The van der Waals surface area contributed by atoms with Gasteiger partial charge in [-0.25, -0.2) is 9.50 Å². The molecule has 0 spiro atoms. The summed E-state index contributed by atoms with van der Waals surface area (Å²) in [5.41, 5.74) is 5.18. The number of fused-ring (bicyclic) bond motifs is 3. The Labute approximate surface area is 164 Å². The van der Waals surface area contributed by atoms with E-state index in [9.17, 15) is 4.79 Å². The quantitative estimate of drug-likeness (QED) is 0.544. The number of nitrogens with one attached hydrogen (secondary N) is 1. The Morgan fingerprint density at radius 1 is 1.22 bits per heavy atom. The molecular weight excluding hydrogens is 406 g/mol. The molecule has 0 atom stereocenters. The summed E-state index contributed by atoms with van der Waals surface area (Å²) in [4.78, 5) is 21.4. The first-order valence-electron chi connectivity index (χ1n) is 8.63. The Bertz CT molecular complexity index is 1150. The van der Waals surface area contributed by atoms with Crippen LogP contribution in [0.4, 0.5) is 0 Å². The van der Waals surface area contributed by atoms with E-state index in [2.05, 4.69) is 31.3 Å². The Balaban J connectivity index is 1.63. The second kappa shape index (κ2) is 7.08. The maximum atomic E-state index is 12.4. The number of carbonyl (C=O) groups is 1. The first-order chi connectivity index (χ1) is 13.0. The number of aromatic nitrogens is 4. The topological polar surface area (TPSA) is 72.2 Å². The van der Waals surface area contributed by atoms with Crippen LogP contribution in [0.25, 0.3) is 16.6 Å². The number of hydrogen-bond acceptors (Lipinski definition) is 4. The molecule has 4 aromatic rings. The molecule has 1 aromatic carbocycles. The second-order valence-electron chi connectivity index (χ2n) is 6.43. The van der Waals surface area contributed by atoms with Gasteiger partial charge in [0.1, 0.15) is 0 Å². The van der Waals surface area contributed by atoms with Crippen molar-refractivity contribution >= 4 is 38.4 Å². The van der Waals surface area contributed by atoms with E-state index in [0.29, 0.717) is 6.54 Å². The minimum atomic E-state index is -0.0625. The summed E-state index contributed by atoms with van der Waals surface area (Å²) in [6.45, 7) is 4.32. The third-order valence-corrected chi connectivity index (χ3v) is 5.10. The van der Waals surface area contributed by atoms with Crippen LogP contribution in [0, 0.1) is 13.8 Å². The number of carbonyl (C=O) groups excluding carboxylic acids is 1. The summed E-state index contributed by atoms with van der Waals surface area (Å²) in [7, 11) is 0. The third kappa shape index (κ3) is 3.42. The zero-order valence-corrected chi connectivity index (χ0v) is 16.6. The molecule has 1 amide bonds. The first kappa shape index (κ1) is 17.6. The molecule has 0 aliphatic carbocycles. The molecule has 0 bridgehead atoms. The van der Waals surface area contributed by atoms with E-state index in [1.807, 2.05) is 54.8 Å². The van der Waals surface area contributed by atoms with Crippen LogP contribution in [0.5, 0.6) is 0 Å². The Morgan fingerprint density at radius 3 is 2.85 bits per heavy atom. The number of benzene rings is 1. The Morgan fingerprint density at radius 2 is 2.07 bits per heavy atom. The number of nitrogens with zero attached hydrogens (tertiary/aromatic N) is 4. The second-order valence-corrected chi connectivity index (χ2v) is 7.35. The molecule has 0 aliphatic heterocycles. The van der Waals surface area contributed by atoms with E-state index in [-0.39, 0.29) is 12.3 Å². The smallest absolute Gasteiger partial charge is 0.224 e. The zero-order chi connectivity index (χ0) is 19.0. The maximum absolute atomic E-state index is 12.4. The number of hydrogen-bond donors (Lipinski definition) is 1. The molecule has 0 saturated heterocycles. The number of pyridine rings is 1. The van der Waals surface area contributed by atoms with Crippen molar-refractivity contribution in [1.29, 1.82) is 0 Å². The van der Waals surface area contributed by atoms with Crippen LogP contribution in [-0.4, -0.2) is 25.5 Å². The van der Waals surface area contributed by atoms with Gasteiger partial charge in [0, 0.05) is 33.0 Å². The van der Waals surface area contributed by atoms with Gasteiger partial charge in [-0.1, -0.05) is 22.0 Å². The van der Waals surface area contributed by atoms with Gasteiger partial charge in [-0.3, -0.25) is 9.78 Å². The average Bonchev–Trinajstić information content (AvgIpc) is 3.02. The van der Waals surface area contributed by atoms with Gasteiger partial charge < -0.3 is 5.32 Å². The zero-order valence-electron chi connectivity index (χ0n) is 15.0. The third-order valence-electron chi connectivity index (χ3n) is 4.60. The molecular formula is C20H18BrN5O. The predicted molar refractivity (Wildman–Crippen MR) is 107 cm³/mol. The largest absolute Gasteiger partial charge is 0.350 e. The van der Waals surface area contributed by atoms with Crippen molar-refractivity contribution in [1.82, 2.24) is 24.9 Å². The minimum Gasteiger partial charge on any atom is -0.350 e. The van der Waals surface area contributed by atoms with Crippen LogP contribution >= 0.6 is 15.9 Å². The molecule has 3 heterocycles. The number of amides is 1. The van der Waals surface area contributed by atoms with Crippen LogP contribution in [0.3, 0.4) is 0 Å². The lowest BCUT2D eigenvalue weighted by molar-refractivity contribution is -0.120. The van der Waals surface area contributed by atoms with Crippen LogP contribution in [0.15, 0.2) is 47.1 Å². The molecule has 136 valence electrons. The van der Waals surface area contributed by atoms with Crippen molar-refractivity contribution in [2.24, 2.45) is 0 Å². The van der Waals surface area contributed by atoms with Gasteiger partial charge in [-0.2, -0.15) is 5.10 Å². The summed E-state index contributed by atoms with van der Waals surface area (Å²) in [6.07, 6.45) is 1.97. The number of aryl methyl sites for hydroxylation is 2. The van der Waals surface area contributed by atoms with E-state index in [0.717, 1.165) is 43.7 Å². The molecule has 7 heteroatoms. The van der Waals surface area contributed by atoms with E-state index in [4.69, 9.17) is 4.98 Å². The molecule has 3 aromatic heterocycles. The van der Waals surface area contributed by atoms with Crippen molar-refractivity contribution in [3.8, 4) is 0 Å². The van der Waals surface area contributed by atoms with Crippen LogP contribution in [-0.2, 0) is 17.8 Å². The highest BCUT2D eigenvalue weighted by molar-refractivity contribution is 9.10. The summed E-state index contributed by atoms with van der Waals surface area (Å²) >= 11 is 3.48. The van der Waals surface area contributed by atoms with Crippen LogP contribution in [0.2, 0.25) is 0 Å². The Kier molecular flexibility index (Phi) is 4.61. The molecule has 0 unspecified atom stereocenters. The summed E-state index contributed by atoms with van der Waals surface area (Å²) in [5, 5.41) is 8.58. The lowest BCUT2D eigenvalue weighted by Crippen LogP contribution is -2.26. The van der Waals surface area contributed by atoms with Gasteiger partial charge in [0.15, 0.2) is 5.65 Å². The molecule has 0 radical (unpaired) electrons.